The van der Waals surface area contributed by atoms with Crippen molar-refractivity contribution in [2.75, 3.05) is 37.0 Å². The lowest BCUT2D eigenvalue weighted by atomic mass is 9.88. The quantitative estimate of drug-likeness (QED) is 0.236. The third kappa shape index (κ3) is 5.74. The molecule has 1 atom stereocenters. The van der Waals surface area contributed by atoms with Gasteiger partial charge >= 0.3 is 18.3 Å². The number of rotatable bonds is 5. The average molecular weight is 569 g/mol. The molecule has 2 aromatic carbocycles. The van der Waals surface area contributed by atoms with Gasteiger partial charge < -0.3 is 19.7 Å². The molecule has 1 saturated carbocycles. The lowest BCUT2D eigenvalue weighted by Gasteiger charge is -2.40. The molecule has 3 aliphatic rings. The van der Waals surface area contributed by atoms with E-state index < -0.39 is 29.2 Å². The highest BCUT2D eigenvalue weighted by Crippen LogP contribution is 2.46. The molecule has 0 aromatic heterocycles. The van der Waals surface area contributed by atoms with Crippen molar-refractivity contribution >= 4 is 22.9 Å². The average Bonchev–Trinajstić information content (AvgIpc) is 3.76. The summed E-state index contributed by atoms with van der Waals surface area (Å²) in [6.07, 6.45) is -6.55. The third-order valence-corrected chi connectivity index (χ3v) is 8.01. The topological polar surface area (TPSA) is 50.8 Å². The van der Waals surface area contributed by atoms with Gasteiger partial charge in [-0.1, -0.05) is 6.07 Å². The number of hydrogen-bond acceptors (Lipinski definition) is 5. The smallest absolute Gasteiger partial charge is 0.418 e. The van der Waals surface area contributed by atoms with Gasteiger partial charge in [0, 0.05) is 24.4 Å². The Bertz CT molecular complexity index is 1310. The molecule has 11 heteroatoms. The van der Waals surface area contributed by atoms with Crippen molar-refractivity contribution in [1.29, 1.82) is 0 Å². The highest BCUT2D eigenvalue weighted by atomic mass is 19.4. The first-order valence-electron chi connectivity index (χ1n) is 13.2. The predicted molar refractivity (Wildman–Crippen MR) is 138 cm³/mol. The molecule has 40 heavy (non-hydrogen) atoms. The Morgan fingerprint density at radius 3 is 2.27 bits per heavy atom. The van der Waals surface area contributed by atoms with E-state index in [1.807, 2.05) is 18.2 Å². The lowest BCUT2D eigenvalue weighted by Crippen LogP contribution is -2.44. The number of nitrogens with zero attached hydrogens (tertiary/aromatic N) is 1. The molecule has 0 radical (unpaired) electrons. The van der Waals surface area contributed by atoms with Gasteiger partial charge in [0.2, 0.25) is 0 Å². The van der Waals surface area contributed by atoms with Crippen LogP contribution in [0.1, 0.15) is 49.3 Å². The molecule has 1 N–H and O–H groups in total. The van der Waals surface area contributed by atoms with E-state index in [1.54, 1.807) is 6.92 Å². The van der Waals surface area contributed by atoms with Crippen molar-refractivity contribution in [1.82, 2.24) is 0 Å². The van der Waals surface area contributed by atoms with E-state index in [0.717, 1.165) is 29.7 Å². The largest absolute Gasteiger partial charge is 0.489 e. The van der Waals surface area contributed by atoms with Crippen LogP contribution in [0.5, 0.6) is 5.75 Å². The van der Waals surface area contributed by atoms with Crippen LogP contribution in [-0.2, 0) is 21.9 Å². The number of nitrogens with one attached hydrogen (secondary N) is 1. The second-order valence-electron chi connectivity index (χ2n) is 10.6. The zero-order valence-electron chi connectivity index (χ0n) is 22.1. The van der Waals surface area contributed by atoms with Gasteiger partial charge in [-0.25, -0.2) is 4.79 Å². The summed E-state index contributed by atoms with van der Waals surface area (Å²) in [5.74, 6) is 0.632. The minimum Gasteiger partial charge on any atom is -0.489 e. The summed E-state index contributed by atoms with van der Waals surface area (Å²) < 4.78 is 91.6. The molecule has 0 bridgehead atoms. The second kappa shape index (κ2) is 10.6. The minimum atomic E-state index is -4.77. The van der Waals surface area contributed by atoms with E-state index in [-0.39, 0.29) is 31.0 Å². The Kier molecular flexibility index (Phi) is 7.43. The summed E-state index contributed by atoms with van der Waals surface area (Å²) in [7, 11) is 1.35. The summed E-state index contributed by atoms with van der Waals surface area (Å²) in [4.78, 5) is 13.6. The molecule has 1 aliphatic carbocycles. The SMILES string of the molecule is COC(=O)/C(C)=C(/c1ccc2c(c1)NC(C1CCN(c3cc(C(F)(F)F)ccc3C(F)(F)F)CC1)CO2)C1CC1. The number of esters is 1. The first-order valence-corrected chi connectivity index (χ1v) is 13.2. The van der Waals surface area contributed by atoms with Gasteiger partial charge in [-0.2, -0.15) is 26.3 Å². The molecule has 2 aromatic rings. The van der Waals surface area contributed by atoms with Gasteiger partial charge in [-0.05, 0) is 85.9 Å². The number of piperidine rings is 1. The molecule has 1 saturated heterocycles. The number of carbonyl (C=O) groups excluding carboxylic acids is 1. The highest BCUT2D eigenvalue weighted by molar-refractivity contribution is 5.98. The number of ether oxygens (including phenoxy) is 2. The molecule has 5 nitrogen and oxygen atoms in total. The van der Waals surface area contributed by atoms with E-state index in [4.69, 9.17) is 9.47 Å². The summed E-state index contributed by atoms with van der Waals surface area (Å²) in [6.45, 7) is 2.50. The number of halogens is 6. The van der Waals surface area contributed by atoms with Crippen LogP contribution in [0.3, 0.4) is 0 Å². The molecule has 1 unspecified atom stereocenters. The normalized spacial score (nSPS) is 20.7. The Labute approximate surface area is 228 Å². The maximum atomic E-state index is 13.6. The highest BCUT2D eigenvalue weighted by Gasteiger charge is 2.40. The van der Waals surface area contributed by atoms with Gasteiger partial charge in [0.1, 0.15) is 12.4 Å². The molecular weight excluding hydrogens is 538 g/mol. The lowest BCUT2D eigenvalue weighted by molar-refractivity contribution is -0.141. The van der Waals surface area contributed by atoms with Crippen LogP contribution < -0.4 is 15.0 Å². The van der Waals surface area contributed by atoms with Crippen molar-refractivity contribution < 1.29 is 40.6 Å². The number of hydrogen-bond donors (Lipinski definition) is 1. The molecule has 2 heterocycles. The number of allylic oxidation sites excluding steroid dienone is 1. The van der Waals surface area contributed by atoms with Crippen LogP contribution in [-0.4, -0.2) is 38.8 Å². The fraction of sp³-hybridized carbons (Fsp3) is 0.483. The van der Waals surface area contributed by atoms with Crippen molar-refractivity contribution in [3.63, 3.8) is 0 Å². The molecule has 216 valence electrons. The number of benzene rings is 2. The Balaban J connectivity index is 1.32. The van der Waals surface area contributed by atoms with E-state index >= 15 is 0 Å². The van der Waals surface area contributed by atoms with E-state index in [9.17, 15) is 31.1 Å². The van der Waals surface area contributed by atoms with Crippen LogP contribution in [0.25, 0.3) is 5.57 Å². The molecular formula is C29H30F6N2O3. The third-order valence-electron chi connectivity index (χ3n) is 8.01. The summed E-state index contributed by atoms with van der Waals surface area (Å²) >= 11 is 0. The molecule has 0 spiro atoms. The van der Waals surface area contributed by atoms with Crippen molar-refractivity contribution in [2.45, 2.75) is 51.0 Å². The Morgan fingerprint density at radius 1 is 0.975 bits per heavy atom. The van der Waals surface area contributed by atoms with E-state index in [0.29, 0.717) is 54.9 Å². The van der Waals surface area contributed by atoms with Crippen LogP contribution in [0.2, 0.25) is 0 Å². The molecule has 0 amide bonds. The zero-order valence-corrected chi connectivity index (χ0v) is 22.1. The standard InChI is InChI=1S/C29H30F6N2O3/c1-16(27(38)39-2)26(18-3-4-18)19-5-8-25-22(13-19)36-23(15-40-25)17-9-11-37(12-10-17)24-14-20(28(30,31)32)6-7-21(24)29(33,34)35/h5-8,13-14,17-18,23,36H,3-4,9-12,15H2,1-2H3/b26-16+. The summed E-state index contributed by atoms with van der Waals surface area (Å²) in [5.41, 5.74) is 0.579. The van der Waals surface area contributed by atoms with Gasteiger partial charge in [0.15, 0.2) is 0 Å². The summed E-state index contributed by atoms with van der Waals surface area (Å²) in [5, 5.41) is 3.51. The molecule has 5 rings (SSSR count). The minimum absolute atomic E-state index is 0.0449. The van der Waals surface area contributed by atoms with Gasteiger partial charge in [-0.15, -0.1) is 0 Å². The van der Waals surface area contributed by atoms with Crippen LogP contribution in [0.15, 0.2) is 42.0 Å². The summed E-state index contributed by atoms with van der Waals surface area (Å²) in [6, 6.07) is 7.21. The zero-order chi connectivity index (χ0) is 28.8. The number of carbonyl (C=O) groups is 1. The van der Waals surface area contributed by atoms with Crippen LogP contribution >= 0.6 is 0 Å². The fourth-order valence-corrected chi connectivity index (χ4v) is 5.76. The van der Waals surface area contributed by atoms with Gasteiger partial charge in [0.05, 0.1) is 30.0 Å². The maximum Gasteiger partial charge on any atom is 0.418 e. The molecule has 2 fully saturated rings. The number of anilines is 2. The van der Waals surface area contributed by atoms with E-state index in [2.05, 4.69) is 5.32 Å². The van der Waals surface area contributed by atoms with Crippen molar-refractivity contribution in [3.05, 3.63) is 58.7 Å². The van der Waals surface area contributed by atoms with Crippen molar-refractivity contribution in [2.24, 2.45) is 11.8 Å². The van der Waals surface area contributed by atoms with Gasteiger partial charge in [-0.3, -0.25) is 0 Å². The maximum absolute atomic E-state index is 13.6. The Hall–Kier alpha value is -3.37. The van der Waals surface area contributed by atoms with Crippen molar-refractivity contribution in [3.8, 4) is 5.75 Å². The Morgan fingerprint density at radius 2 is 1.68 bits per heavy atom. The molecule has 2 aliphatic heterocycles. The first-order chi connectivity index (χ1) is 18.9. The number of methoxy groups -OCH3 is 1. The monoisotopic (exact) mass is 568 g/mol. The number of fused-ring (bicyclic) bond motifs is 1. The van der Waals surface area contributed by atoms with Crippen LogP contribution in [0.4, 0.5) is 37.7 Å². The second-order valence-corrected chi connectivity index (χ2v) is 10.6. The predicted octanol–water partition coefficient (Wildman–Crippen LogP) is 7.17. The first kappa shape index (κ1) is 28.2. The fourth-order valence-electron chi connectivity index (χ4n) is 5.76. The van der Waals surface area contributed by atoms with Gasteiger partial charge in [0.25, 0.3) is 0 Å². The van der Waals surface area contributed by atoms with Crippen LogP contribution in [0, 0.1) is 11.8 Å². The number of alkyl halides is 6. The van der Waals surface area contributed by atoms with E-state index in [1.165, 1.54) is 12.0 Å².